The summed E-state index contributed by atoms with van der Waals surface area (Å²) < 4.78 is 10.1. The van der Waals surface area contributed by atoms with E-state index in [4.69, 9.17) is 9.47 Å². The quantitative estimate of drug-likeness (QED) is 0.206. The summed E-state index contributed by atoms with van der Waals surface area (Å²) in [6, 6.07) is 0. The Bertz CT molecular complexity index is 291. The van der Waals surface area contributed by atoms with E-state index in [-0.39, 0.29) is 6.42 Å². The van der Waals surface area contributed by atoms with Crippen LogP contribution in [0.1, 0.15) is 84.5 Å². The van der Waals surface area contributed by atoms with Crippen molar-refractivity contribution in [2.24, 2.45) is 0 Å². The highest BCUT2D eigenvalue weighted by Crippen LogP contribution is 2.16. The van der Waals surface area contributed by atoms with Crippen molar-refractivity contribution in [3.63, 3.8) is 0 Å². The lowest BCUT2D eigenvalue weighted by molar-refractivity contribution is -0.341. The summed E-state index contributed by atoms with van der Waals surface area (Å²) in [6.45, 7) is 7.63. The van der Waals surface area contributed by atoms with E-state index in [2.05, 4.69) is 13.5 Å². The molecule has 0 aliphatic carbocycles. The molecule has 0 fully saturated rings. The first kappa shape index (κ1) is 21.1. The number of unbranched alkanes of at least 4 members (excludes halogenated alkanes) is 9. The van der Waals surface area contributed by atoms with Gasteiger partial charge in [0.2, 0.25) is 0 Å². The fourth-order valence-electron chi connectivity index (χ4n) is 2.22. The number of aliphatic hydroxyl groups is 1. The van der Waals surface area contributed by atoms with Gasteiger partial charge in [0.25, 0.3) is 0 Å². The molecule has 0 amide bonds. The molecule has 0 heterocycles. The molecule has 0 bridgehead atoms. The molecule has 0 aromatic rings. The first-order valence-corrected chi connectivity index (χ1v) is 8.79. The van der Waals surface area contributed by atoms with Crippen molar-refractivity contribution in [3.8, 4) is 0 Å². The second-order valence-electron chi connectivity index (χ2n) is 5.72. The lowest BCUT2D eigenvalue weighted by Crippen LogP contribution is -2.37. The van der Waals surface area contributed by atoms with Gasteiger partial charge in [-0.25, -0.2) is 4.79 Å². The number of hydrogen-bond donors (Lipinski definition) is 1. The minimum atomic E-state index is -1.81. The molecule has 4 nitrogen and oxygen atoms in total. The van der Waals surface area contributed by atoms with Gasteiger partial charge >= 0.3 is 11.9 Å². The van der Waals surface area contributed by atoms with Crippen molar-refractivity contribution < 1.29 is 19.4 Å². The molecule has 0 aliphatic heterocycles. The maximum Gasteiger partial charge on any atom is 0.334 e. The number of rotatable bonds is 15. The fraction of sp³-hybridized carbons (Fsp3) is 0.833. The van der Waals surface area contributed by atoms with E-state index in [1.165, 1.54) is 51.4 Å². The van der Waals surface area contributed by atoms with Gasteiger partial charge in [0.15, 0.2) is 0 Å². The van der Waals surface area contributed by atoms with Crippen LogP contribution in [0.3, 0.4) is 0 Å². The average molecular weight is 314 g/mol. The van der Waals surface area contributed by atoms with Crippen molar-refractivity contribution in [1.29, 1.82) is 0 Å². The van der Waals surface area contributed by atoms with Gasteiger partial charge in [0, 0.05) is 12.5 Å². The Kier molecular flexibility index (Phi) is 13.2. The van der Waals surface area contributed by atoms with E-state index >= 15 is 0 Å². The molecule has 4 heteroatoms. The van der Waals surface area contributed by atoms with Gasteiger partial charge in [-0.2, -0.15) is 0 Å². The summed E-state index contributed by atoms with van der Waals surface area (Å²) in [6.07, 6.45) is 13.6. The molecule has 1 atom stereocenters. The molecule has 0 spiro atoms. The van der Waals surface area contributed by atoms with Crippen LogP contribution < -0.4 is 0 Å². The molecule has 0 saturated carbocycles. The SMILES string of the molecule is C=CC(=O)OC(O)(CC)OCCCCCCCCCCCC. The Labute approximate surface area is 135 Å². The molecule has 0 radical (unpaired) electrons. The summed E-state index contributed by atoms with van der Waals surface area (Å²) in [5, 5.41) is 9.95. The third kappa shape index (κ3) is 11.8. The van der Waals surface area contributed by atoms with Crippen molar-refractivity contribution in [3.05, 3.63) is 12.7 Å². The molecule has 22 heavy (non-hydrogen) atoms. The minimum absolute atomic E-state index is 0.199. The van der Waals surface area contributed by atoms with Crippen LogP contribution in [0.5, 0.6) is 0 Å². The second kappa shape index (κ2) is 13.8. The van der Waals surface area contributed by atoms with Gasteiger partial charge in [-0.15, -0.1) is 0 Å². The van der Waals surface area contributed by atoms with Crippen molar-refractivity contribution in [1.82, 2.24) is 0 Å². The van der Waals surface area contributed by atoms with Crippen LogP contribution in [0, 0.1) is 0 Å². The van der Waals surface area contributed by atoms with Gasteiger partial charge in [-0.1, -0.05) is 78.2 Å². The van der Waals surface area contributed by atoms with E-state index in [0.29, 0.717) is 6.61 Å². The maximum atomic E-state index is 11.1. The lowest BCUT2D eigenvalue weighted by Gasteiger charge is -2.25. The summed E-state index contributed by atoms with van der Waals surface area (Å²) in [5.41, 5.74) is 0. The van der Waals surface area contributed by atoms with Crippen LogP contribution in [0.15, 0.2) is 12.7 Å². The van der Waals surface area contributed by atoms with E-state index in [1.54, 1.807) is 6.92 Å². The zero-order chi connectivity index (χ0) is 16.7. The van der Waals surface area contributed by atoms with Crippen molar-refractivity contribution in [2.75, 3.05) is 6.61 Å². The van der Waals surface area contributed by atoms with Gasteiger partial charge in [0.05, 0.1) is 6.61 Å². The van der Waals surface area contributed by atoms with Gasteiger partial charge in [-0.3, -0.25) is 0 Å². The van der Waals surface area contributed by atoms with Crippen molar-refractivity contribution >= 4 is 5.97 Å². The van der Waals surface area contributed by atoms with Crippen LogP contribution in [0.4, 0.5) is 0 Å². The molecule has 0 rings (SSSR count). The van der Waals surface area contributed by atoms with Crippen LogP contribution in [-0.2, 0) is 14.3 Å². The predicted octanol–water partition coefficient (Wildman–Crippen LogP) is 4.71. The van der Waals surface area contributed by atoms with E-state index in [9.17, 15) is 9.90 Å². The van der Waals surface area contributed by atoms with Crippen molar-refractivity contribution in [2.45, 2.75) is 90.4 Å². The van der Waals surface area contributed by atoms with Crippen LogP contribution in [0.2, 0.25) is 0 Å². The monoisotopic (exact) mass is 314 g/mol. The third-order valence-electron chi connectivity index (χ3n) is 3.70. The number of hydrogen-bond acceptors (Lipinski definition) is 4. The normalized spacial score (nSPS) is 13.6. The molecule has 1 unspecified atom stereocenters. The Hall–Kier alpha value is -0.870. The first-order chi connectivity index (χ1) is 10.6. The maximum absolute atomic E-state index is 11.1. The topological polar surface area (TPSA) is 55.8 Å². The lowest BCUT2D eigenvalue weighted by atomic mass is 10.1. The van der Waals surface area contributed by atoms with E-state index in [0.717, 1.165) is 18.9 Å². The molecular weight excluding hydrogens is 280 g/mol. The van der Waals surface area contributed by atoms with Gasteiger partial charge < -0.3 is 14.6 Å². The number of ether oxygens (including phenoxy) is 2. The van der Waals surface area contributed by atoms with Gasteiger partial charge in [0.1, 0.15) is 0 Å². The summed E-state index contributed by atoms with van der Waals surface area (Å²) in [7, 11) is 0. The van der Waals surface area contributed by atoms with Crippen LogP contribution in [-0.4, -0.2) is 23.7 Å². The average Bonchev–Trinajstić information content (AvgIpc) is 2.52. The first-order valence-electron chi connectivity index (χ1n) is 8.79. The highest BCUT2D eigenvalue weighted by Gasteiger charge is 2.29. The molecule has 130 valence electrons. The molecule has 0 saturated heterocycles. The minimum Gasteiger partial charge on any atom is -0.405 e. The Balaban J connectivity index is 3.50. The van der Waals surface area contributed by atoms with E-state index < -0.39 is 11.9 Å². The second-order valence-corrected chi connectivity index (χ2v) is 5.72. The van der Waals surface area contributed by atoms with Gasteiger partial charge in [-0.05, 0) is 6.42 Å². The fourth-order valence-corrected chi connectivity index (χ4v) is 2.22. The van der Waals surface area contributed by atoms with E-state index in [1.807, 2.05) is 0 Å². The number of esters is 1. The largest absolute Gasteiger partial charge is 0.405 e. The van der Waals surface area contributed by atoms with Crippen LogP contribution in [0.25, 0.3) is 0 Å². The molecule has 0 aromatic carbocycles. The third-order valence-corrected chi connectivity index (χ3v) is 3.70. The number of carbonyl (C=O) groups is 1. The number of carbonyl (C=O) groups excluding carboxylic acids is 1. The zero-order valence-electron chi connectivity index (χ0n) is 14.4. The smallest absolute Gasteiger partial charge is 0.334 e. The highest BCUT2D eigenvalue weighted by molar-refractivity contribution is 5.81. The zero-order valence-corrected chi connectivity index (χ0v) is 14.4. The highest BCUT2D eigenvalue weighted by atomic mass is 16.8. The Morgan fingerprint density at radius 3 is 1.95 bits per heavy atom. The molecular formula is C18H34O4. The predicted molar refractivity (Wildman–Crippen MR) is 89.3 cm³/mol. The molecule has 1 N–H and O–H groups in total. The Morgan fingerprint density at radius 2 is 1.50 bits per heavy atom. The molecule has 0 aromatic heterocycles. The summed E-state index contributed by atoms with van der Waals surface area (Å²) >= 11 is 0. The summed E-state index contributed by atoms with van der Waals surface area (Å²) in [4.78, 5) is 11.1. The Morgan fingerprint density at radius 1 is 1.00 bits per heavy atom. The standard InChI is InChI=1S/C18H34O4/c1-4-7-8-9-10-11-12-13-14-15-16-21-18(20,6-3)22-17(19)5-2/h5,20H,2,4,6-16H2,1,3H3. The molecule has 0 aliphatic rings. The summed E-state index contributed by atoms with van der Waals surface area (Å²) in [5.74, 6) is -2.49. The van der Waals surface area contributed by atoms with Crippen LogP contribution >= 0.6 is 0 Å².